The highest BCUT2D eigenvalue weighted by atomic mass is 16.5. The average Bonchev–Trinajstić information content (AvgIpc) is 2.35. The van der Waals surface area contributed by atoms with Crippen LogP contribution in [0, 0.1) is 5.92 Å². The normalized spacial score (nSPS) is 23.8. The number of methoxy groups -OCH3 is 1. The van der Waals surface area contributed by atoms with Crippen molar-refractivity contribution in [3.8, 4) is 0 Å². The van der Waals surface area contributed by atoms with Gasteiger partial charge in [0.1, 0.15) is 6.04 Å². The van der Waals surface area contributed by atoms with E-state index in [9.17, 15) is 9.59 Å². The first-order valence-corrected chi connectivity index (χ1v) is 6.63. The summed E-state index contributed by atoms with van der Waals surface area (Å²) in [5.74, 6) is 0.363. The quantitative estimate of drug-likeness (QED) is 0.715. The first kappa shape index (κ1) is 15.0. The molecule has 1 aliphatic heterocycles. The van der Waals surface area contributed by atoms with E-state index in [4.69, 9.17) is 4.74 Å². The Morgan fingerprint density at radius 2 is 2.17 bits per heavy atom. The summed E-state index contributed by atoms with van der Waals surface area (Å²) in [6, 6.07) is -0.214. The predicted octanol–water partition coefficient (Wildman–Crippen LogP) is 0.832. The molecule has 104 valence electrons. The highest BCUT2D eigenvalue weighted by Gasteiger charge is 2.28. The molecule has 5 nitrogen and oxygen atoms in total. The lowest BCUT2D eigenvalue weighted by molar-refractivity contribution is -0.144. The number of rotatable bonds is 5. The third-order valence-corrected chi connectivity index (χ3v) is 3.20. The molecular formula is C13H24N2O3. The number of nitrogens with one attached hydrogen (secondary N) is 2. The van der Waals surface area contributed by atoms with Crippen molar-refractivity contribution >= 4 is 11.9 Å². The summed E-state index contributed by atoms with van der Waals surface area (Å²) < 4.78 is 4.71. The minimum absolute atomic E-state index is 0.0787. The van der Waals surface area contributed by atoms with Crippen LogP contribution in [0.1, 0.15) is 39.5 Å². The summed E-state index contributed by atoms with van der Waals surface area (Å²) >= 11 is 0. The summed E-state index contributed by atoms with van der Waals surface area (Å²) in [5, 5.41) is 6.09. The molecule has 0 aromatic heterocycles. The summed E-state index contributed by atoms with van der Waals surface area (Å²) in [5.41, 5.74) is 0. The molecule has 5 heteroatoms. The second kappa shape index (κ2) is 7.36. The van der Waals surface area contributed by atoms with Gasteiger partial charge in [-0.05, 0) is 31.7 Å². The molecule has 0 radical (unpaired) electrons. The van der Waals surface area contributed by atoms with Crippen LogP contribution in [0.2, 0.25) is 0 Å². The molecule has 0 spiro atoms. The second-order valence-corrected chi connectivity index (χ2v) is 5.25. The van der Waals surface area contributed by atoms with Gasteiger partial charge in [-0.3, -0.25) is 9.59 Å². The molecular weight excluding hydrogens is 232 g/mol. The summed E-state index contributed by atoms with van der Waals surface area (Å²) in [4.78, 5) is 23.1. The molecule has 0 bridgehead atoms. The zero-order valence-electron chi connectivity index (χ0n) is 11.5. The van der Waals surface area contributed by atoms with E-state index in [0.29, 0.717) is 18.8 Å². The highest BCUT2D eigenvalue weighted by molar-refractivity contribution is 5.77. The van der Waals surface area contributed by atoms with Crippen molar-refractivity contribution in [2.24, 2.45) is 5.92 Å². The highest BCUT2D eigenvalue weighted by Crippen LogP contribution is 2.11. The van der Waals surface area contributed by atoms with Crippen LogP contribution in [0.15, 0.2) is 0 Å². The first-order chi connectivity index (χ1) is 8.52. The van der Waals surface area contributed by atoms with Gasteiger partial charge < -0.3 is 15.4 Å². The van der Waals surface area contributed by atoms with E-state index in [2.05, 4.69) is 24.5 Å². The van der Waals surface area contributed by atoms with E-state index in [1.165, 1.54) is 7.11 Å². The van der Waals surface area contributed by atoms with Crippen molar-refractivity contribution in [3.05, 3.63) is 0 Å². The number of ether oxygens (including phenoxy) is 1. The Morgan fingerprint density at radius 3 is 2.78 bits per heavy atom. The molecule has 1 saturated heterocycles. The molecule has 0 aromatic carbocycles. The van der Waals surface area contributed by atoms with E-state index in [1.54, 1.807) is 0 Å². The van der Waals surface area contributed by atoms with Gasteiger partial charge in [-0.1, -0.05) is 13.8 Å². The number of esters is 1. The smallest absolute Gasteiger partial charge is 0.322 e. The molecule has 1 fully saturated rings. The molecule has 1 amide bonds. The van der Waals surface area contributed by atoms with E-state index in [-0.39, 0.29) is 24.0 Å². The van der Waals surface area contributed by atoms with Crippen molar-refractivity contribution in [2.75, 3.05) is 13.7 Å². The maximum atomic E-state index is 11.7. The standard InChI is InChI=1S/C13H24N2O3/c1-9(2)4-5-12(16)15-10-6-7-14-11(8-10)13(17)18-3/h9-11,14H,4-8H2,1-3H3,(H,15,16)/t10-,11-/m1/s1. The topological polar surface area (TPSA) is 67.4 Å². The predicted molar refractivity (Wildman–Crippen MR) is 69.0 cm³/mol. The Kier molecular flexibility index (Phi) is 6.12. The van der Waals surface area contributed by atoms with E-state index in [1.807, 2.05) is 0 Å². The van der Waals surface area contributed by atoms with Gasteiger partial charge in [0.2, 0.25) is 5.91 Å². The fraction of sp³-hybridized carbons (Fsp3) is 0.846. The van der Waals surface area contributed by atoms with Gasteiger partial charge in [0.05, 0.1) is 7.11 Å². The molecule has 1 aliphatic rings. The maximum Gasteiger partial charge on any atom is 0.322 e. The van der Waals surface area contributed by atoms with Crippen molar-refractivity contribution in [3.63, 3.8) is 0 Å². The van der Waals surface area contributed by atoms with Gasteiger partial charge in [-0.2, -0.15) is 0 Å². The molecule has 0 aromatic rings. The minimum atomic E-state index is -0.292. The van der Waals surface area contributed by atoms with Crippen LogP contribution in [0.4, 0.5) is 0 Å². The molecule has 1 heterocycles. The van der Waals surface area contributed by atoms with Crippen molar-refractivity contribution in [2.45, 2.75) is 51.6 Å². The van der Waals surface area contributed by atoms with Gasteiger partial charge in [0.15, 0.2) is 0 Å². The van der Waals surface area contributed by atoms with Crippen molar-refractivity contribution < 1.29 is 14.3 Å². The lowest BCUT2D eigenvalue weighted by Gasteiger charge is -2.29. The Hall–Kier alpha value is -1.10. The number of amides is 1. The zero-order chi connectivity index (χ0) is 13.5. The number of carbonyl (C=O) groups excluding carboxylic acids is 2. The van der Waals surface area contributed by atoms with Crippen molar-refractivity contribution in [1.29, 1.82) is 0 Å². The van der Waals surface area contributed by atoms with Crippen LogP contribution in [0.3, 0.4) is 0 Å². The molecule has 1 rings (SSSR count). The molecule has 0 unspecified atom stereocenters. The SMILES string of the molecule is COC(=O)[C@H]1C[C@H](NC(=O)CCC(C)C)CCN1. The lowest BCUT2D eigenvalue weighted by atomic mass is 9.99. The van der Waals surface area contributed by atoms with Gasteiger partial charge in [0, 0.05) is 12.5 Å². The minimum Gasteiger partial charge on any atom is -0.468 e. The molecule has 18 heavy (non-hydrogen) atoms. The third-order valence-electron chi connectivity index (χ3n) is 3.20. The summed E-state index contributed by atoms with van der Waals surface area (Å²) in [7, 11) is 1.38. The average molecular weight is 256 g/mol. The Balaban J connectivity index is 2.33. The van der Waals surface area contributed by atoms with Crippen LogP contribution in [0.5, 0.6) is 0 Å². The van der Waals surface area contributed by atoms with E-state index in [0.717, 1.165) is 19.4 Å². The van der Waals surface area contributed by atoms with Crippen LogP contribution in [0.25, 0.3) is 0 Å². The number of piperidine rings is 1. The largest absolute Gasteiger partial charge is 0.468 e. The Morgan fingerprint density at radius 1 is 1.44 bits per heavy atom. The van der Waals surface area contributed by atoms with Crippen molar-refractivity contribution in [1.82, 2.24) is 10.6 Å². The van der Waals surface area contributed by atoms with Crippen LogP contribution in [-0.2, 0) is 14.3 Å². The van der Waals surface area contributed by atoms with Gasteiger partial charge in [0.25, 0.3) is 0 Å². The number of carbonyl (C=O) groups is 2. The van der Waals surface area contributed by atoms with Gasteiger partial charge >= 0.3 is 5.97 Å². The second-order valence-electron chi connectivity index (χ2n) is 5.25. The molecule has 2 atom stereocenters. The van der Waals surface area contributed by atoms with Gasteiger partial charge in [-0.25, -0.2) is 0 Å². The van der Waals surface area contributed by atoms with Crippen LogP contribution >= 0.6 is 0 Å². The fourth-order valence-electron chi connectivity index (χ4n) is 2.09. The molecule has 0 saturated carbocycles. The molecule has 2 N–H and O–H groups in total. The molecule has 0 aliphatic carbocycles. The maximum absolute atomic E-state index is 11.7. The van der Waals surface area contributed by atoms with Gasteiger partial charge in [-0.15, -0.1) is 0 Å². The monoisotopic (exact) mass is 256 g/mol. The number of hydrogen-bond acceptors (Lipinski definition) is 4. The van der Waals surface area contributed by atoms with E-state index < -0.39 is 0 Å². The third kappa shape index (κ3) is 5.04. The van der Waals surface area contributed by atoms with Crippen LogP contribution < -0.4 is 10.6 Å². The lowest BCUT2D eigenvalue weighted by Crippen LogP contribution is -2.51. The Bertz CT molecular complexity index is 292. The zero-order valence-corrected chi connectivity index (χ0v) is 11.5. The Labute approximate surface area is 109 Å². The van der Waals surface area contributed by atoms with Crippen LogP contribution in [-0.4, -0.2) is 37.6 Å². The fourth-order valence-corrected chi connectivity index (χ4v) is 2.09. The first-order valence-electron chi connectivity index (χ1n) is 6.63. The summed E-state index contributed by atoms with van der Waals surface area (Å²) in [6.45, 7) is 4.94. The summed E-state index contributed by atoms with van der Waals surface area (Å²) in [6.07, 6.45) is 2.93. The van der Waals surface area contributed by atoms with E-state index >= 15 is 0 Å². The number of hydrogen-bond donors (Lipinski definition) is 2.